The highest BCUT2D eigenvalue weighted by Gasteiger charge is 2.28. The zero-order valence-corrected chi connectivity index (χ0v) is 19.7. The number of carbonyl (C=O) groups is 2. The van der Waals surface area contributed by atoms with Crippen LogP contribution in [0.4, 0.5) is 0 Å². The number of thioether (sulfide) groups is 1. The molecule has 0 radical (unpaired) electrons. The van der Waals surface area contributed by atoms with Gasteiger partial charge in [-0.2, -0.15) is 0 Å². The summed E-state index contributed by atoms with van der Waals surface area (Å²) < 4.78 is 12.0. The minimum absolute atomic E-state index is 0.0128. The fraction of sp³-hybridized carbons (Fsp3) is 0.292. The third kappa shape index (κ3) is 4.69. The van der Waals surface area contributed by atoms with Crippen LogP contribution in [-0.4, -0.2) is 40.8 Å². The molecule has 1 saturated heterocycles. The third-order valence-corrected chi connectivity index (χ3v) is 7.89. The number of benzene rings is 1. The topological polar surface area (TPSA) is 88.6 Å². The van der Waals surface area contributed by atoms with Gasteiger partial charge < -0.3 is 19.1 Å². The lowest BCUT2D eigenvalue weighted by atomic mass is 10.0. The Labute approximate surface area is 199 Å². The Morgan fingerprint density at radius 3 is 2.79 bits per heavy atom. The van der Waals surface area contributed by atoms with Gasteiger partial charge in [-0.1, -0.05) is 30.0 Å². The van der Waals surface area contributed by atoms with Gasteiger partial charge in [0, 0.05) is 46.9 Å². The average molecular weight is 482 g/mol. The Bertz CT molecular complexity index is 1270. The van der Waals surface area contributed by atoms with Crippen LogP contribution in [0.5, 0.6) is 0 Å². The predicted molar refractivity (Wildman–Crippen MR) is 128 cm³/mol. The molecule has 0 saturated carbocycles. The van der Waals surface area contributed by atoms with Crippen LogP contribution >= 0.6 is 23.1 Å². The fourth-order valence-electron chi connectivity index (χ4n) is 4.00. The number of carbonyl (C=O) groups excluding carboxylic acids is 2. The average Bonchev–Trinajstić information content (AvgIpc) is 3.58. The number of aryl methyl sites for hydroxylation is 1. The van der Waals surface area contributed by atoms with Crippen molar-refractivity contribution in [1.29, 1.82) is 0 Å². The van der Waals surface area contributed by atoms with E-state index in [0.29, 0.717) is 48.6 Å². The van der Waals surface area contributed by atoms with E-state index in [2.05, 4.69) is 10.3 Å². The maximum atomic E-state index is 13.2. The van der Waals surface area contributed by atoms with Crippen LogP contribution in [-0.2, 0) is 5.75 Å². The molecule has 3 aromatic heterocycles. The molecule has 1 aliphatic rings. The summed E-state index contributed by atoms with van der Waals surface area (Å²) in [7, 11) is 0. The van der Waals surface area contributed by atoms with Crippen LogP contribution < -0.4 is 5.32 Å². The first-order valence-corrected chi connectivity index (χ1v) is 12.6. The first-order valence-electron chi connectivity index (χ1n) is 10.8. The number of aromatic nitrogens is 1. The van der Waals surface area contributed by atoms with E-state index in [4.69, 9.17) is 8.83 Å². The molecule has 1 aromatic carbocycles. The van der Waals surface area contributed by atoms with Gasteiger partial charge in [-0.25, -0.2) is 4.98 Å². The maximum absolute atomic E-state index is 13.2. The van der Waals surface area contributed by atoms with Crippen molar-refractivity contribution in [3.05, 3.63) is 70.8 Å². The lowest BCUT2D eigenvalue weighted by Crippen LogP contribution is -2.46. The molecule has 0 unspecified atom stereocenters. The minimum atomic E-state index is -0.211. The van der Waals surface area contributed by atoms with Crippen molar-refractivity contribution in [3.63, 3.8) is 0 Å². The SMILES string of the molecule is Cc1csc(SCc2c(C(=O)NC3CCN(C(=O)c4ccoc4)CC3)oc3ccccc23)n1. The molecular formula is C24H23N3O4S2. The number of hydrogen-bond donors (Lipinski definition) is 1. The van der Waals surface area contributed by atoms with Crippen molar-refractivity contribution in [1.82, 2.24) is 15.2 Å². The lowest BCUT2D eigenvalue weighted by Gasteiger charge is -2.32. The molecule has 1 aliphatic heterocycles. The van der Waals surface area contributed by atoms with Gasteiger partial charge in [0.05, 0.1) is 11.8 Å². The molecule has 0 bridgehead atoms. The number of likely N-dealkylation sites (tertiary alicyclic amines) is 1. The number of nitrogens with one attached hydrogen (secondary N) is 1. The first-order chi connectivity index (χ1) is 16.1. The van der Waals surface area contributed by atoms with Gasteiger partial charge in [-0.3, -0.25) is 9.59 Å². The Balaban J connectivity index is 1.27. The molecule has 33 heavy (non-hydrogen) atoms. The zero-order chi connectivity index (χ0) is 22.8. The third-order valence-electron chi connectivity index (χ3n) is 5.73. The van der Waals surface area contributed by atoms with Gasteiger partial charge in [-0.15, -0.1) is 11.3 Å². The van der Waals surface area contributed by atoms with E-state index >= 15 is 0 Å². The summed E-state index contributed by atoms with van der Waals surface area (Å²) in [5.74, 6) is 0.706. The van der Waals surface area contributed by atoms with E-state index in [-0.39, 0.29) is 17.9 Å². The number of thiazole rings is 1. The standard InChI is InChI=1S/C24H23N3O4S2/c1-15-13-32-24(25-15)33-14-19-18-4-2-3-5-20(18)31-21(19)22(28)26-17-6-9-27(10-7-17)23(29)16-8-11-30-12-16/h2-5,8,11-13,17H,6-7,9-10,14H2,1H3,(H,26,28). The second-order valence-corrected chi connectivity index (χ2v) is 10.1. The quantitative estimate of drug-likeness (QED) is 0.385. The highest BCUT2D eigenvalue weighted by Crippen LogP contribution is 2.33. The fourth-order valence-corrected chi connectivity index (χ4v) is 5.88. The van der Waals surface area contributed by atoms with E-state index in [1.54, 1.807) is 34.1 Å². The van der Waals surface area contributed by atoms with Crippen molar-refractivity contribution in [2.24, 2.45) is 0 Å². The number of furan rings is 2. The highest BCUT2D eigenvalue weighted by molar-refractivity contribution is 8.00. The van der Waals surface area contributed by atoms with E-state index in [0.717, 1.165) is 21.0 Å². The van der Waals surface area contributed by atoms with Crippen LogP contribution in [0.15, 0.2) is 61.4 Å². The molecule has 0 aliphatic carbocycles. The molecule has 4 heterocycles. The maximum Gasteiger partial charge on any atom is 0.287 e. The number of fused-ring (bicyclic) bond motifs is 1. The van der Waals surface area contributed by atoms with E-state index in [1.807, 2.05) is 36.6 Å². The largest absolute Gasteiger partial charge is 0.472 e. The van der Waals surface area contributed by atoms with Crippen molar-refractivity contribution >= 4 is 45.9 Å². The molecule has 0 atom stereocenters. The molecule has 9 heteroatoms. The molecule has 7 nitrogen and oxygen atoms in total. The van der Waals surface area contributed by atoms with Crippen molar-refractivity contribution in [2.45, 2.75) is 35.9 Å². The Morgan fingerprint density at radius 1 is 1.24 bits per heavy atom. The van der Waals surface area contributed by atoms with Crippen molar-refractivity contribution in [3.8, 4) is 0 Å². The molecule has 2 amide bonds. The highest BCUT2D eigenvalue weighted by atomic mass is 32.2. The molecule has 5 rings (SSSR count). The lowest BCUT2D eigenvalue weighted by molar-refractivity contribution is 0.0695. The van der Waals surface area contributed by atoms with Gasteiger partial charge in [0.15, 0.2) is 5.76 Å². The number of rotatable bonds is 6. The first kappa shape index (κ1) is 21.8. The summed E-state index contributed by atoms with van der Waals surface area (Å²) in [6, 6.07) is 9.38. The smallest absolute Gasteiger partial charge is 0.287 e. The van der Waals surface area contributed by atoms with Crippen LogP contribution in [0.3, 0.4) is 0 Å². The molecule has 0 spiro atoms. The summed E-state index contributed by atoms with van der Waals surface area (Å²) in [6.07, 6.45) is 4.35. The number of nitrogens with zero attached hydrogens (tertiary/aromatic N) is 2. The Morgan fingerprint density at radius 2 is 2.06 bits per heavy atom. The van der Waals surface area contributed by atoms with Gasteiger partial charge >= 0.3 is 0 Å². The van der Waals surface area contributed by atoms with Gasteiger partial charge in [0.2, 0.25) is 0 Å². The summed E-state index contributed by atoms with van der Waals surface area (Å²) in [6.45, 7) is 3.14. The van der Waals surface area contributed by atoms with Crippen LogP contribution in [0.25, 0.3) is 11.0 Å². The van der Waals surface area contributed by atoms with Crippen LogP contribution in [0.2, 0.25) is 0 Å². The number of hydrogen-bond acceptors (Lipinski definition) is 7. The van der Waals surface area contributed by atoms with E-state index < -0.39 is 0 Å². The molecular weight excluding hydrogens is 458 g/mol. The van der Waals surface area contributed by atoms with E-state index in [1.165, 1.54) is 12.5 Å². The van der Waals surface area contributed by atoms with Crippen LogP contribution in [0, 0.1) is 6.92 Å². The van der Waals surface area contributed by atoms with Crippen LogP contribution in [0.1, 0.15) is 45.0 Å². The second kappa shape index (κ2) is 9.44. The predicted octanol–water partition coefficient (Wildman–Crippen LogP) is 5.12. The van der Waals surface area contributed by atoms with Gasteiger partial charge in [0.25, 0.3) is 11.8 Å². The monoisotopic (exact) mass is 481 g/mol. The molecule has 1 fully saturated rings. The summed E-state index contributed by atoms with van der Waals surface area (Å²) in [5, 5.41) is 6.09. The zero-order valence-electron chi connectivity index (χ0n) is 18.1. The normalized spacial score (nSPS) is 14.6. The van der Waals surface area contributed by atoms with Gasteiger partial charge in [0.1, 0.15) is 16.2 Å². The number of piperidine rings is 1. The number of amides is 2. The molecule has 170 valence electrons. The summed E-state index contributed by atoms with van der Waals surface area (Å²) in [5.41, 5.74) is 3.13. The Hall–Kier alpha value is -3.04. The van der Waals surface area contributed by atoms with E-state index in [9.17, 15) is 9.59 Å². The van der Waals surface area contributed by atoms with Gasteiger partial charge in [-0.05, 0) is 31.9 Å². The minimum Gasteiger partial charge on any atom is -0.472 e. The molecule has 1 N–H and O–H groups in total. The second-order valence-electron chi connectivity index (χ2n) is 8.00. The molecule has 4 aromatic rings. The summed E-state index contributed by atoms with van der Waals surface area (Å²) >= 11 is 3.21. The van der Waals surface area contributed by atoms with Crippen molar-refractivity contribution < 1.29 is 18.4 Å². The summed E-state index contributed by atoms with van der Waals surface area (Å²) in [4.78, 5) is 32.0. The Kier molecular flexibility index (Phi) is 6.24. The van der Waals surface area contributed by atoms with Crippen molar-refractivity contribution in [2.75, 3.05) is 13.1 Å². The number of para-hydroxylation sites is 1.